The van der Waals surface area contributed by atoms with Crippen molar-refractivity contribution in [1.82, 2.24) is 0 Å². The fraction of sp³-hybridized carbons (Fsp3) is 0.250. The van der Waals surface area contributed by atoms with Crippen molar-refractivity contribution in [1.29, 1.82) is 0 Å². The first-order chi connectivity index (χ1) is 12.9. The second kappa shape index (κ2) is 7.49. The minimum Gasteiger partial charge on any atom is -0.507 e. The number of hydrogen-bond donors (Lipinski definition) is 1. The van der Waals surface area contributed by atoms with E-state index in [1.165, 1.54) is 26.2 Å². The van der Waals surface area contributed by atoms with Gasteiger partial charge in [-0.1, -0.05) is 18.2 Å². The molecule has 1 atom stereocenters. The number of ether oxygens (including phenoxy) is 3. The van der Waals surface area contributed by atoms with Crippen molar-refractivity contribution in [2.24, 2.45) is 0 Å². The van der Waals surface area contributed by atoms with Crippen LogP contribution < -0.4 is 9.47 Å². The van der Waals surface area contributed by atoms with Gasteiger partial charge in [0.05, 0.1) is 19.1 Å². The molecule has 140 valence electrons. The van der Waals surface area contributed by atoms with E-state index in [0.717, 1.165) is 0 Å². The highest BCUT2D eigenvalue weighted by atomic mass is 16.6. The van der Waals surface area contributed by atoms with Crippen molar-refractivity contribution in [3.8, 4) is 17.2 Å². The van der Waals surface area contributed by atoms with Crippen LogP contribution in [0.5, 0.6) is 17.2 Å². The van der Waals surface area contributed by atoms with Gasteiger partial charge in [0.1, 0.15) is 17.2 Å². The summed E-state index contributed by atoms with van der Waals surface area (Å²) in [5, 5.41) is 10.6. The lowest BCUT2D eigenvalue weighted by Gasteiger charge is -2.27. The number of hydrogen-bond acceptors (Lipinski definition) is 7. The molecule has 1 heterocycles. The molecule has 0 saturated heterocycles. The van der Waals surface area contributed by atoms with Gasteiger partial charge in [-0.15, -0.1) is 0 Å². The van der Waals surface area contributed by atoms with Crippen LogP contribution in [0.25, 0.3) is 0 Å². The van der Waals surface area contributed by atoms with Crippen molar-refractivity contribution >= 4 is 17.7 Å². The zero-order valence-corrected chi connectivity index (χ0v) is 14.9. The normalized spacial score (nSPS) is 15.5. The molecule has 0 bridgehead atoms. The van der Waals surface area contributed by atoms with E-state index in [4.69, 9.17) is 9.47 Å². The Kier molecular flexibility index (Phi) is 5.12. The van der Waals surface area contributed by atoms with Gasteiger partial charge in [0.15, 0.2) is 12.4 Å². The van der Waals surface area contributed by atoms with Gasteiger partial charge in [-0.2, -0.15) is 0 Å². The van der Waals surface area contributed by atoms with E-state index < -0.39 is 17.9 Å². The standard InChI is InChI=1S/C20H18O7/c1-11(21)12-7-8-16-19(20(12)24)14(9-17(22)27-16)13-5-3-4-6-15(13)26-10-18(23)25-2/h3-8,14,24H,9-10H2,1-2H3/t14-/m0/s1. The zero-order valence-electron chi connectivity index (χ0n) is 14.9. The van der Waals surface area contributed by atoms with Crippen molar-refractivity contribution < 1.29 is 33.7 Å². The first-order valence-electron chi connectivity index (χ1n) is 8.28. The molecular formula is C20H18O7. The third kappa shape index (κ3) is 3.62. The van der Waals surface area contributed by atoms with Crippen LogP contribution in [0.3, 0.4) is 0 Å². The van der Waals surface area contributed by atoms with Crippen molar-refractivity contribution in [3.63, 3.8) is 0 Å². The number of aromatic hydroxyl groups is 1. The second-order valence-electron chi connectivity index (χ2n) is 6.06. The maximum absolute atomic E-state index is 12.1. The molecular weight excluding hydrogens is 352 g/mol. The summed E-state index contributed by atoms with van der Waals surface area (Å²) >= 11 is 0. The molecule has 1 aliphatic rings. The summed E-state index contributed by atoms with van der Waals surface area (Å²) in [6.07, 6.45) is -0.0412. The van der Waals surface area contributed by atoms with Crippen LogP contribution in [-0.2, 0) is 14.3 Å². The SMILES string of the molecule is COC(=O)COc1ccccc1[C@@H]1CC(=O)Oc2ccc(C(C)=O)c(O)c21. The van der Waals surface area contributed by atoms with Crippen LogP contribution in [0.4, 0.5) is 0 Å². The average molecular weight is 370 g/mol. The zero-order chi connectivity index (χ0) is 19.6. The van der Waals surface area contributed by atoms with Crippen LogP contribution >= 0.6 is 0 Å². The monoisotopic (exact) mass is 370 g/mol. The average Bonchev–Trinajstić information content (AvgIpc) is 2.65. The third-order valence-electron chi connectivity index (χ3n) is 4.37. The Morgan fingerprint density at radius 3 is 2.67 bits per heavy atom. The molecule has 0 unspecified atom stereocenters. The topological polar surface area (TPSA) is 99.1 Å². The van der Waals surface area contributed by atoms with E-state index in [0.29, 0.717) is 16.9 Å². The Bertz CT molecular complexity index is 917. The van der Waals surface area contributed by atoms with E-state index in [1.807, 2.05) is 0 Å². The smallest absolute Gasteiger partial charge is 0.343 e. The highest BCUT2D eigenvalue weighted by molar-refractivity contribution is 5.98. The number of rotatable bonds is 5. The van der Waals surface area contributed by atoms with Crippen molar-refractivity contribution in [2.45, 2.75) is 19.3 Å². The number of phenolic OH excluding ortho intramolecular Hbond substituents is 1. The lowest BCUT2D eigenvalue weighted by molar-refractivity contribution is -0.143. The van der Waals surface area contributed by atoms with Crippen LogP contribution in [0.1, 0.15) is 40.7 Å². The quantitative estimate of drug-likeness (QED) is 0.491. The molecule has 2 aromatic carbocycles. The summed E-state index contributed by atoms with van der Waals surface area (Å²) in [6, 6.07) is 9.79. The number of ketones is 1. The van der Waals surface area contributed by atoms with Crippen molar-refractivity contribution in [3.05, 3.63) is 53.1 Å². The van der Waals surface area contributed by atoms with E-state index in [-0.39, 0.29) is 35.9 Å². The molecule has 27 heavy (non-hydrogen) atoms. The molecule has 7 heteroatoms. The number of Topliss-reactive ketones (excluding diaryl/α,β-unsaturated/α-hetero) is 1. The van der Waals surface area contributed by atoms with Gasteiger partial charge in [0, 0.05) is 17.0 Å². The van der Waals surface area contributed by atoms with Crippen LogP contribution in [0, 0.1) is 0 Å². The Balaban J connectivity index is 2.09. The fourth-order valence-corrected chi connectivity index (χ4v) is 3.09. The number of phenols is 1. The highest BCUT2D eigenvalue weighted by Crippen LogP contribution is 2.47. The summed E-state index contributed by atoms with van der Waals surface area (Å²) < 4.78 is 15.3. The van der Waals surface area contributed by atoms with Gasteiger partial charge in [-0.3, -0.25) is 9.59 Å². The van der Waals surface area contributed by atoms with E-state index in [9.17, 15) is 19.5 Å². The fourth-order valence-electron chi connectivity index (χ4n) is 3.09. The van der Waals surface area contributed by atoms with Gasteiger partial charge < -0.3 is 19.3 Å². The lowest BCUT2D eigenvalue weighted by Crippen LogP contribution is -2.22. The number of fused-ring (bicyclic) bond motifs is 1. The van der Waals surface area contributed by atoms with E-state index in [2.05, 4.69) is 4.74 Å². The van der Waals surface area contributed by atoms with E-state index in [1.54, 1.807) is 24.3 Å². The Hall–Kier alpha value is -3.35. The number of methoxy groups -OCH3 is 1. The highest BCUT2D eigenvalue weighted by Gasteiger charge is 2.34. The number of benzene rings is 2. The first-order valence-corrected chi connectivity index (χ1v) is 8.28. The van der Waals surface area contributed by atoms with Gasteiger partial charge in [0.2, 0.25) is 0 Å². The van der Waals surface area contributed by atoms with Gasteiger partial charge in [-0.25, -0.2) is 4.79 Å². The lowest BCUT2D eigenvalue weighted by atomic mass is 9.84. The number of carbonyl (C=O) groups excluding carboxylic acids is 3. The van der Waals surface area contributed by atoms with Gasteiger partial charge in [0.25, 0.3) is 0 Å². The molecule has 1 N–H and O–H groups in total. The molecule has 0 spiro atoms. The molecule has 0 radical (unpaired) electrons. The molecule has 0 saturated carbocycles. The molecule has 7 nitrogen and oxygen atoms in total. The number of para-hydroxylation sites is 1. The van der Waals surface area contributed by atoms with Crippen LogP contribution in [0.15, 0.2) is 36.4 Å². The molecule has 0 aliphatic carbocycles. The second-order valence-corrected chi connectivity index (χ2v) is 6.06. The van der Waals surface area contributed by atoms with E-state index >= 15 is 0 Å². The Morgan fingerprint density at radius 2 is 1.96 bits per heavy atom. The van der Waals surface area contributed by atoms with Crippen LogP contribution in [0.2, 0.25) is 0 Å². The molecule has 1 aliphatic heterocycles. The predicted molar refractivity (Wildman–Crippen MR) is 94.2 cm³/mol. The number of carbonyl (C=O) groups is 3. The molecule has 3 rings (SSSR count). The first kappa shape index (κ1) is 18.4. The van der Waals surface area contributed by atoms with Gasteiger partial charge in [-0.05, 0) is 25.1 Å². The summed E-state index contributed by atoms with van der Waals surface area (Å²) in [6.45, 7) is 1.05. The number of esters is 2. The largest absolute Gasteiger partial charge is 0.507 e. The summed E-state index contributed by atoms with van der Waals surface area (Å²) in [7, 11) is 1.26. The Morgan fingerprint density at radius 1 is 1.22 bits per heavy atom. The predicted octanol–water partition coefficient (Wildman–Crippen LogP) is 2.59. The van der Waals surface area contributed by atoms with Gasteiger partial charge >= 0.3 is 11.9 Å². The third-order valence-corrected chi connectivity index (χ3v) is 4.37. The van der Waals surface area contributed by atoms with Crippen molar-refractivity contribution in [2.75, 3.05) is 13.7 Å². The minimum atomic E-state index is -0.589. The molecule has 0 aromatic heterocycles. The van der Waals surface area contributed by atoms with Crippen LogP contribution in [-0.4, -0.2) is 36.5 Å². The minimum absolute atomic E-state index is 0.0412. The molecule has 0 fully saturated rings. The maximum atomic E-state index is 12.1. The summed E-state index contributed by atoms with van der Waals surface area (Å²) in [5.41, 5.74) is 1.08. The maximum Gasteiger partial charge on any atom is 0.343 e. The Labute approximate surface area is 155 Å². The summed E-state index contributed by atoms with van der Waals surface area (Å²) in [4.78, 5) is 35.3. The molecule has 0 amide bonds. The summed E-state index contributed by atoms with van der Waals surface area (Å²) in [5.74, 6) is -1.56. The molecule has 2 aromatic rings.